The summed E-state index contributed by atoms with van der Waals surface area (Å²) in [6, 6.07) is 0. The fourth-order valence-corrected chi connectivity index (χ4v) is 4.36. The van der Waals surface area contributed by atoms with Crippen molar-refractivity contribution in [1.82, 2.24) is 9.88 Å². The Kier molecular flexibility index (Phi) is 3.32. The van der Waals surface area contributed by atoms with Gasteiger partial charge in [-0.15, -0.1) is 11.3 Å². The van der Waals surface area contributed by atoms with Gasteiger partial charge in [0.1, 0.15) is 0 Å². The zero-order valence-corrected chi connectivity index (χ0v) is 12.6. The standard InChI is InChI=1S/C17H20N2S/c1-4-9-19(10-5-1)11-8-16-18-17-14-7-3-2-6-13(14)12-15(17)20-16/h2-3,6,12H,1,4-5,7-11H2. The summed E-state index contributed by atoms with van der Waals surface area (Å²) >= 11 is 1.89. The normalized spacial score (nSPS) is 21.4. The SMILES string of the molecule is C1=CCC2=c3nc(CCN4CCCCC4)sc3=CC2=C1. The number of piperidine rings is 1. The molecule has 4 rings (SSSR count). The third-order valence-electron chi connectivity index (χ3n) is 4.44. The highest BCUT2D eigenvalue weighted by Crippen LogP contribution is 2.23. The van der Waals surface area contributed by atoms with Crippen LogP contribution in [0.25, 0.3) is 11.6 Å². The minimum atomic E-state index is 1.05. The number of hydrogen-bond acceptors (Lipinski definition) is 3. The van der Waals surface area contributed by atoms with Crippen molar-refractivity contribution in [3.63, 3.8) is 0 Å². The van der Waals surface area contributed by atoms with E-state index in [-0.39, 0.29) is 0 Å². The largest absolute Gasteiger partial charge is 0.303 e. The molecule has 1 aromatic heterocycles. The minimum Gasteiger partial charge on any atom is -0.303 e. The van der Waals surface area contributed by atoms with Gasteiger partial charge in [0, 0.05) is 13.0 Å². The highest BCUT2D eigenvalue weighted by Gasteiger charge is 2.16. The summed E-state index contributed by atoms with van der Waals surface area (Å²) in [6.07, 6.45) is 15.2. The molecule has 0 aromatic carbocycles. The number of aromatic nitrogens is 1. The lowest BCUT2D eigenvalue weighted by atomic mass is 10.0. The van der Waals surface area contributed by atoms with Crippen molar-refractivity contribution in [2.45, 2.75) is 32.1 Å². The third kappa shape index (κ3) is 2.29. The Morgan fingerprint density at radius 2 is 2.10 bits per heavy atom. The van der Waals surface area contributed by atoms with Gasteiger partial charge in [0.2, 0.25) is 0 Å². The Morgan fingerprint density at radius 1 is 1.20 bits per heavy atom. The van der Waals surface area contributed by atoms with E-state index in [4.69, 9.17) is 4.98 Å². The molecule has 0 atom stereocenters. The minimum absolute atomic E-state index is 1.05. The van der Waals surface area contributed by atoms with E-state index in [1.54, 1.807) is 0 Å². The van der Waals surface area contributed by atoms with Gasteiger partial charge in [0.15, 0.2) is 0 Å². The molecule has 0 bridgehead atoms. The van der Waals surface area contributed by atoms with E-state index in [0.29, 0.717) is 0 Å². The molecule has 104 valence electrons. The van der Waals surface area contributed by atoms with Crippen LogP contribution in [0.5, 0.6) is 0 Å². The van der Waals surface area contributed by atoms with Crippen molar-refractivity contribution < 1.29 is 0 Å². The summed E-state index contributed by atoms with van der Waals surface area (Å²) in [5, 5.41) is 2.58. The van der Waals surface area contributed by atoms with E-state index in [0.717, 1.165) is 12.8 Å². The van der Waals surface area contributed by atoms with Crippen molar-refractivity contribution in [1.29, 1.82) is 0 Å². The molecule has 3 heteroatoms. The Bertz CT molecular complexity index is 687. The molecule has 0 N–H and O–H groups in total. The van der Waals surface area contributed by atoms with Gasteiger partial charge in [0.25, 0.3) is 0 Å². The van der Waals surface area contributed by atoms with Crippen molar-refractivity contribution in [2.24, 2.45) is 0 Å². The number of fused-ring (bicyclic) bond motifs is 2. The second-order valence-electron chi connectivity index (χ2n) is 5.85. The van der Waals surface area contributed by atoms with E-state index < -0.39 is 0 Å². The van der Waals surface area contributed by atoms with E-state index in [9.17, 15) is 0 Å². The lowest BCUT2D eigenvalue weighted by molar-refractivity contribution is 0.231. The van der Waals surface area contributed by atoms with Gasteiger partial charge in [-0.3, -0.25) is 0 Å². The number of rotatable bonds is 3. The van der Waals surface area contributed by atoms with Crippen LogP contribution in [-0.4, -0.2) is 29.5 Å². The summed E-state index contributed by atoms with van der Waals surface area (Å²) < 4.78 is 1.38. The van der Waals surface area contributed by atoms with Crippen LogP contribution in [-0.2, 0) is 6.42 Å². The number of nitrogens with zero attached hydrogens (tertiary/aromatic N) is 2. The second kappa shape index (κ2) is 5.30. The molecule has 2 aliphatic carbocycles. The quantitative estimate of drug-likeness (QED) is 0.844. The predicted molar refractivity (Wildman–Crippen MR) is 85.1 cm³/mol. The molecule has 0 radical (unpaired) electrons. The van der Waals surface area contributed by atoms with Crippen molar-refractivity contribution in [2.75, 3.05) is 19.6 Å². The Morgan fingerprint density at radius 3 is 3.00 bits per heavy atom. The van der Waals surface area contributed by atoms with Crippen LogP contribution in [0.15, 0.2) is 23.8 Å². The molecule has 0 saturated carbocycles. The predicted octanol–water partition coefficient (Wildman–Crippen LogP) is 2.00. The smallest absolute Gasteiger partial charge is 0.0951 e. The van der Waals surface area contributed by atoms with Crippen LogP contribution >= 0.6 is 11.3 Å². The molecule has 1 fully saturated rings. The van der Waals surface area contributed by atoms with Crippen LogP contribution in [0, 0.1) is 0 Å². The maximum atomic E-state index is 4.91. The molecule has 1 aliphatic heterocycles. The zero-order chi connectivity index (χ0) is 13.4. The summed E-state index contributed by atoms with van der Waals surface area (Å²) in [7, 11) is 0. The van der Waals surface area contributed by atoms with Gasteiger partial charge in [-0.2, -0.15) is 0 Å². The van der Waals surface area contributed by atoms with Gasteiger partial charge in [0.05, 0.1) is 14.9 Å². The van der Waals surface area contributed by atoms with E-state index in [2.05, 4.69) is 29.2 Å². The highest BCUT2D eigenvalue weighted by atomic mass is 32.1. The Balaban J connectivity index is 1.51. The Labute approximate surface area is 123 Å². The maximum absolute atomic E-state index is 4.91. The van der Waals surface area contributed by atoms with Crippen molar-refractivity contribution >= 4 is 23.0 Å². The molecule has 0 spiro atoms. The fraction of sp³-hybridized carbons (Fsp3) is 0.471. The van der Waals surface area contributed by atoms with Crippen molar-refractivity contribution in [3.05, 3.63) is 38.7 Å². The molecular weight excluding hydrogens is 264 g/mol. The van der Waals surface area contributed by atoms with Gasteiger partial charge < -0.3 is 4.90 Å². The Hall–Kier alpha value is -1.19. The molecular formula is C17H20N2S. The summed E-state index contributed by atoms with van der Waals surface area (Å²) in [6.45, 7) is 3.75. The molecule has 1 saturated heterocycles. The van der Waals surface area contributed by atoms with Crippen LogP contribution in [0.4, 0.5) is 0 Å². The van der Waals surface area contributed by atoms with Crippen molar-refractivity contribution in [3.8, 4) is 0 Å². The summed E-state index contributed by atoms with van der Waals surface area (Å²) in [4.78, 5) is 7.51. The van der Waals surface area contributed by atoms with E-state index in [1.807, 2.05) is 11.3 Å². The molecule has 1 aromatic rings. The lowest BCUT2D eigenvalue weighted by Crippen LogP contribution is -2.31. The third-order valence-corrected chi connectivity index (χ3v) is 5.51. The van der Waals surface area contributed by atoms with Crippen LogP contribution < -0.4 is 9.88 Å². The van der Waals surface area contributed by atoms with E-state index >= 15 is 0 Å². The average molecular weight is 284 g/mol. The van der Waals surface area contributed by atoms with Gasteiger partial charge in [-0.1, -0.05) is 24.6 Å². The summed E-state index contributed by atoms with van der Waals surface area (Å²) in [5.41, 5.74) is 2.81. The molecule has 0 unspecified atom stereocenters. The monoisotopic (exact) mass is 284 g/mol. The first kappa shape index (κ1) is 12.5. The van der Waals surface area contributed by atoms with Gasteiger partial charge in [-0.25, -0.2) is 4.98 Å². The number of thiazole rings is 1. The summed E-state index contributed by atoms with van der Waals surface area (Å²) in [5.74, 6) is 0. The molecule has 3 aliphatic rings. The lowest BCUT2D eigenvalue weighted by Gasteiger charge is -2.25. The average Bonchev–Trinajstić information content (AvgIpc) is 3.03. The number of likely N-dealkylation sites (tertiary alicyclic amines) is 1. The van der Waals surface area contributed by atoms with Crippen LogP contribution in [0.1, 0.15) is 30.7 Å². The zero-order valence-electron chi connectivity index (χ0n) is 11.8. The molecule has 20 heavy (non-hydrogen) atoms. The second-order valence-corrected chi connectivity index (χ2v) is 6.97. The molecule has 2 heterocycles. The van der Waals surface area contributed by atoms with Gasteiger partial charge >= 0.3 is 0 Å². The first-order chi connectivity index (χ1) is 9.90. The van der Waals surface area contributed by atoms with Crippen LogP contribution in [0.2, 0.25) is 0 Å². The number of allylic oxidation sites excluding steroid dienone is 4. The first-order valence-electron chi connectivity index (χ1n) is 7.70. The fourth-order valence-electron chi connectivity index (χ4n) is 3.32. The molecule has 2 nitrogen and oxygen atoms in total. The molecule has 0 amide bonds. The first-order valence-corrected chi connectivity index (χ1v) is 8.52. The van der Waals surface area contributed by atoms with E-state index in [1.165, 1.54) is 64.9 Å². The highest BCUT2D eigenvalue weighted by molar-refractivity contribution is 7.09. The topological polar surface area (TPSA) is 16.1 Å². The number of hydrogen-bond donors (Lipinski definition) is 0. The van der Waals surface area contributed by atoms with Gasteiger partial charge in [-0.05, 0) is 49.6 Å². The maximum Gasteiger partial charge on any atom is 0.0951 e. The van der Waals surface area contributed by atoms with Crippen LogP contribution in [0.3, 0.4) is 0 Å².